The molecule has 1 amide bonds. The van der Waals surface area contributed by atoms with Crippen LogP contribution in [-0.2, 0) is 4.79 Å². The summed E-state index contributed by atoms with van der Waals surface area (Å²) in [6.07, 6.45) is 1.54. The van der Waals surface area contributed by atoms with Crippen LogP contribution in [0.3, 0.4) is 0 Å². The molecule has 3 nitrogen and oxygen atoms in total. The quantitative estimate of drug-likeness (QED) is 0.907. The van der Waals surface area contributed by atoms with Crippen LogP contribution in [0, 0.1) is 24.2 Å². The molecule has 1 saturated carbocycles. The molecule has 4 heteroatoms. The standard InChI is InChI=1S/C14H18N2OS/c1-4-14(3,8-15)16-13(17)11-7-10(11)12-6-5-9(2)18-12/h5-6,10-11H,4,7H2,1-3H3,(H,16,17)/t10-,11-,14-/m1/s1. The molecule has 96 valence electrons. The van der Waals surface area contributed by atoms with E-state index < -0.39 is 5.54 Å². The number of thiophene rings is 1. The van der Waals surface area contributed by atoms with Crippen LogP contribution in [-0.4, -0.2) is 11.4 Å². The number of rotatable bonds is 4. The Morgan fingerprint density at radius 2 is 2.39 bits per heavy atom. The van der Waals surface area contributed by atoms with E-state index in [9.17, 15) is 4.79 Å². The number of carbonyl (C=O) groups excluding carboxylic acids is 1. The van der Waals surface area contributed by atoms with Gasteiger partial charge < -0.3 is 5.32 Å². The number of hydrogen-bond acceptors (Lipinski definition) is 3. The molecule has 0 bridgehead atoms. The second-order valence-electron chi connectivity index (χ2n) is 5.18. The maximum Gasteiger partial charge on any atom is 0.225 e. The molecule has 1 aromatic rings. The van der Waals surface area contributed by atoms with Crippen molar-refractivity contribution in [2.24, 2.45) is 5.92 Å². The predicted molar refractivity (Wildman–Crippen MR) is 72.4 cm³/mol. The van der Waals surface area contributed by atoms with Crippen LogP contribution in [0.25, 0.3) is 0 Å². The van der Waals surface area contributed by atoms with Gasteiger partial charge in [-0.3, -0.25) is 4.79 Å². The first-order chi connectivity index (χ1) is 8.49. The number of nitriles is 1. The van der Waals surface area contributed by atoms with E-state index in [4.69, 9.17) is 5.26 Å². The second kappa shape index (κ2) is 4.74. The van der Waals surface area contributed by atoms with Gasteiger partial charge in [-0.2, -0.15) is 5.26 Å². The minimum absolute atomic E-state index is 0.0250. The number of nitrogens with zero attached hydrogens (tertiary/aromatic N) is 1. The Morgan fingerprint density at radius 3 is 2.89 bits per heavy atom. The maximum absolute atomic E-state index is 12.1. The van der Waals surface area contributed by atoms with Crippen LogP contribution in [0.2, 0.25) is 0 Å². The molecule has 1 aromatic heterocycles. The van der Waals surface area contributed by atoms with Crippen LogP contribution in [0.4, 0.5) is 0 Å². The topological polar surface area (TPSA) is 52.9 Å². The van der Waals surface area contributed by atoms with Gasteiger partial charge in [-0.15, -0.1) is 11.3 Å². The molecule has 0 unspecified atom stereocenters. The van der Waals surface area contributed by atoms with E-state index in [0.29, 0.717) is 12.3 Å². The van der Waals surface area contributed by atoms with Crippen LogP contribution in [0.1, 0.15) is 42.4 Å². The molecular formula is C14H18N2OS. The van der Waals surface area contributed by atoms with Gasteiger partial charge in [0.1, 0.15) is 5.54 Å². The summed E-state index contributed by atoms with van der Waals surface area (Å²) in [5, 5.41) is 11.9. The number of nitrogens with one attached hydrogen (secondary N) is 1. The van der Waals surface area contributed by atoms with Gasteiger partial charge in [0.25, 0.3) is 0 Å². The highest BCUT2D eigenvalue weighted by Crippen LogP contribution is 2.49. The van der Waals surface area contributed by atoms with Crippen LogP contribution in [0.15, 0.2) is 12.1 Å². The van der Waals surface area contributed by atoms with E-state index in [1.54, 1.807) is 18.3 Å². The number of carbonyl (C=O) groups is 1. The molecular weight excluding hydrogens is 244 g/mol. The molecule has 1 fully saturated rings. The Kier molecular flexibility index (Phi) is 3.45. The van der Waals surface area contributed by atoms with E-state index in [1.807, 2.05) is 6.92 Å². The fourth-order valence-electron chi connectivity index (χ4n) is 2.01. The summed E-state index contributed by atoms with van der Waals surface area (Å²) in [4.78, 5) is 14.6. The van der Waals surface area contributed by atoms with Crippen molar-refractivity contribution in [3.8, 4) is 6.07 Å². The highest BCUT2D eigenvalue weighted by molar-refractivity contribution is 7.12. The monoisotopic (exact) mass is 262 g/mol. The van der Waals surface area contributed by atoms with Gasteiger partial charge in [0.05, 0.1) is 6.07 Å². The summed E-state index contributed by atoms with van der Waals surface area (Å²) >= 11 is 1.76. The van der Waals surface area contributed by atoms with Crippen molar-refractivity contribution in [3.05, 3.63) is 21.9 Å². The van der Waals surface area contributed by atoms with Crippen molar-refractivity contribution in [3.63, 3.8) is 0 Å². The SMILES string of the molecule is CC[C@](C)(C#N)NC(=O)[C@@H]1C[C@H]1c1ccc(C)s1. The Morgan fingerprint density at radius 1 is 1.67 bits per heavy atom. The summed E-state index contributed by atoms with van der Waals surface area (Å²) in [6.45, 7) is 5.77. The summed E-state index contributed by atoms with van der Waals surface area (Å²) < 4.78 is 0. The molecule has 0 spiro atoms. The van der Waals surface area contributed by atoms with Gasteiger partial charge in [0, 0.05) is 21.6 Å². The third kappa shape index (κ3) is 2.56. The largest absolute Gasteiger partial charge is 0.338 e. The van der Waals surface area contributed by atoms with E-state index in [-0.39, 0.29) is 11.8 Å². The van der Waals surface area contributed by atoms with Crippen LogP contribution >= 0.6 is 11.3 Å². The van der Waals surface area contributed by atoms with Gasteiger partial charge in [-0.1, -0.05) is 6.92 Å². The van der Waals surface area contributed by atoms with Gasteiger partial charge >= 0.3 is 0 Å². The highest BCUT2D eigenvalue weighted by Gasteiger charge is 2.46. The van der Waals surface area contributed by atoms with Gasteiger partial charge in [-0.25, -0.2) is 0 Å². The molecule has 1 aliphatic rings. The summed E-state index contributed by atoms with van der Waals surface area (Å²) in [5.74, 6) is 0.447. The third-order valence-corrected chi connectivity index (χ3v) is 4.74. The van der Waals surface area contributed by atoms with E-state index in [2.05, 4.69) is 30.4 Å². The lowest BCUT2D eigenvalue weighted by molar-refractivity contribution is -0.123. The van der Waals surface area contributed by atoms with Gasteiger partial charge in [0.2, 0.25) is 5.91 Å². The summed E-state index contributed by atoms with van der Waals surface area (Å²) in [7, 11) is 0. The van der Waals surface area contributed by atoms with Gasteiger partial charge in [0.15, 0.2) is 0 Å². The minimum Gasteiger partial charge on any atom is -0.338 e. The lowest BCUT2D eigenvalue weighted by atomic mass is 10.0. The third-order valence-electron chi connectivity index (χ3n) is 3.61. The molecule has 1 N–H and O–H groups in total. The molecule has 18 heavy (non-hydrogen) atoms. The maximum atomic E-state index is 12.1. The average Bonchev–Trinajstić information content (AvgIpc) is 3.05. The van der Waals surface area contributed by atoms with E-state index in [1.165, 1.54) is 9.75 Å². The normalized spacial score (nSPS) is 25.0. The molecule has 1 aliphatic carbocycles. The average molecular weight is 262 g/mol. The van der Waals surface area contributed by atoms with Crippen molar-refractivity contribution >= 4 is 17.2 Å². The number of aryl methyl sites for hydroxylation is 1. The van der Waals surface area contributed by atoms with Crippen molar-refractivity contribution < 1.29 is 4.79 Å². The molecule has 0 saturated heterocycles. The lowest BCUT2D eigenvalue weighted by Gasteiger charge is -2.21. The molecule has 1 heterocycles. The minimum atomic E-state index is -0.727. The molecule has 0 radical (unpaired) electrons. The highest BCUT2D eigenvalue weighted by atomic mass is 32.1. The first kappa shape index (κ1) is 13.1. The second-order valence-corrected chi connectivity index (χ2v) is 6.50. The number of amides is 1. The zero-order valence-electron chi connectivity index (χ0n) is 11.0. The molecule has 0 aromatic carbocycles. The Hall–Kier alpha value is -1.34. The number of hydrogen-bond donors (Lipinski definition) is 1. The Bertz CT molecular complexity index is 502. The van der Waals surface area contributed by atoms with E-state index in [0.717, 1.165) is 6.42 Å². The Balaban J connectivity index is 1.96. The fourth-order valence-corrected chi connectivity index (χ4v) is 3.07. The van der Waals surface area contributed by atoms with Crippen molar-refractivity contribution in [2.75, 3.05) is 0 Å². The summed E-state index contributed by atoms with van der Waals surface area (Å²) in [6, 6.07) is 6.38. The zero-order chi connectivity index (χ0) is 13.3. The van der Waals surface area contributed by atoms with Gasteiger partial charge in [-0.05, 0) is 38.8 Å². The molecule has 2 rings (SSSR count). The predicted octanol–water partition coefficient (Wildman–Crippen LogP) is 2.97. The fraction of sp³-hybridized carbons (Fsp3) is 0.571. The van der Waals surface area contributed by atoms with Crippen LogP contribution in [0.5, 0.6) is 0 Å². The Labute approximate surface area is 112 Å². The van der Waals surface area contributed by atoms with Crippen molar-refractivity contribution in [1.29, 1.82) is 5.26 Å². The lowest BCUT2D eigenvalue weighted by Crippen LogP contribution is -2.45. The molecule has 3 atom stereocenters. The van der Waals surface area contributed by atoms with Crippen LogP contribution < -0.4 is 5.32 Å². The first-order valence-corrected chi connectivity index (χ1v) is 7.10. The van der Waals surface area contributed by atoms with E-state index >= 15 is 0 Å². The molecule has 0 aliphatic heterocycles. The summed E-state index contributed by atoms with van der Waals surface area (Å²) in [5.41, 5.74) is -0.727. The van der Waals surface area contributed by atoms with Crippen molar-refractivity contribution in [2.45, 2.75) is 45.1 Å². The zero-order valence-corrected chi connectivity index (χ0v) is 11.8. The smallest absolute Gasteiger partial charge is 0.225 e. The first-order valence-electron chi connectivity index (χ1n) is 6.28. The van der Waals surface area contributed by atoms with Crippen molar-refractivity contribution in [1.82, 2.24) is 5.32 Å².